The molecule has 2 rings (SSSR count). The Balaban J connectivity index is 1.74. The molecular weight excluding hydrogens is 280 g/mol. The lowest BCUT2D eigenvalue weighted by Gasteiger charge is -2.08. The van der Waals surface area contributed by atoms with Crippen molar-refractivity contribution in [3.63, 3.8) is 0 Å². The number of carbonyl (C=O) groups is 1. The van der Waals surface area contributed by atoms with E-state index in [2.05, 4.69) is 10.6 Å². The van der Waals surface area contributed by atoms with Crippen LogP contribution in [-0.2, 0) is 26.3 Å². The van der Waals surface area contributed by atoms with Crippen LogP contribution in [0.15, 0.2) is 48.5 Å². The number of urea groups is 1. The normalized spacial score (nSPS) is 10.3. The van der Waals surface area contributed by atoms with E-state index in [9.17, 15) is 4.79 Å². The molecule has 2 aromatic rings. The Hall–Kier alpha value is -2.37. The Labute approximate surface area is 129 Å². The van der Waals surface area contributed by atoms with E-state index in [4.69, 9.17) is 10.2 Å². The van der Waals surface area contributed by atoms with Crippen molar-refractivity contribution >= 4 is 6.03 Å². The Kier molecular flexibility index (Phi) is 5.94. The lowest BCUT2D eigenvalue weighted by atomic mass is 10.1. The van der Waals surface area contributed by atoms with E-state index < -0.39 is 0 Å². The maximum absolute atomic E-state index is 11.7. The summed E-state index contributed by atoms with van der Waals surface area (Å²) in [4.78, 5) is 11.7. The monoisotopic (exact) mass is 300 g/mol. The summed E-state index contributed by atoms with van der Waals surface area (Å²) in [5, 5.41) is 23.5. The molecule has 0 aliphatic rings. The van der Waals surface area contributed by atoms with Crippen molar-refractivity contribution in [1.82, 2.24) is 10.6 Å². The SMILES string of the molecule is O=C(NCc1ccc(CO)cc1)NCc1ccc(CO)cc1. The maximum atomic E-state index is 11.7. The van der Waals surface area contributed by atoms with Crippen molar-refractivity contribution in [1.29, 1.82) is 0 Å². The van der Waals surface area contributed by atoms with Gasteiger partial charge in [0, 0.05) is 13.1 Å². The van der Waals surface area contributed by atoms with Gasteiger partial charge >= 0.3 is 6.03 Å². The molecule has 0 aromatic heterocycles. The highest BCUT2D eigenvalue weighted by molar-refractivity contribution is 5.73. The van der Waals surface area contributed by atoms with E-state index >= 15 is 0 Å². The third-order valence-electron chi connectivity index (χ3n) is 3.32. The number of benzene rings is 2. The summed E-state index contributed by atoms with van der Waals surface area (Å²) in [7, 11) is 0. The molecule has 0 spiro atoms. The average Bonchev–Trinajstić information content (AvgIpc) is 2.59. The molecular formula is C17H20N2O3. The van der Waals surface area contributed by atoms with Gasteiger partial charge in [0.05, 0.1) is 13.2 Å². The van der Waals surface area contributed by atoms with Gasteiger partial charge in [0.25, 0.3) is 0 Å². The van der Waals surface area contributed by atoms with E-state index in [0.717, 1.165) is 22.3 Å². The van der Waals surface area contributed by atoms with Crippen molar-refractivity contribution in [2.24, 2.45) is 0 Å². The molecule has 116 valence electrons. The molecule has 4 N–H and O–H groups in total. The van der Waals surface area contributed by atoms with Crippen LogP contribution in [0, 0.1) is 0 Å². The Morgan fingerprint density at radius 3 is 1.32 bits per heavy atom. The topological polar surface area (TPSA) is 81.6 Å². The van der Waals surface area contributed by atoms with Gasteiger partial charge in [-0.15, -0.1) is 0 Å². The maximum Gasteiger partial charge on any atom is 0.315 e. The predicted molar refractivity (Wildman–Crippen MR) is 83.8 cm³/mol. The largest absolute Gasteiger partial charge is 0.392 e. The number of hydrogen-bond donors (Lipinski definition) is 4. The minimum absolute atomic E-state index is 0.0171. The Bertz CT molecular complexity index is 541. The van der Waals surface area contributed by atoms with Gasteiger partial charge in [0.1, 0.15) is 0 Å². The van der Waals surface area contributed by atoms with Crippen LogP contribution in [0.4, 0.5) is 4.79 Å². The minimum atomic E-state index is -0.238. The summed E-state index contributed by atoms with van der Waals surface area (Å²) in [6.07, 6.45) is 0. The molecule has 2 aromatic carbocycles. The van der Waals surface area contributed by atoms with Crippen LogP contribution in [-0.4, -0.2) is 16.2 Å². The van der Waals surface area contributed by atoms with Gasteiger partial charge in [-0.25, -0.2) is 4.79 Å². The highest BCUT2D eigenvalue weighted by Gasteiger charge is 2.01. The lowest BCUT2D eigenvalue weighted by Crippen LogP contribution is -2.34. The van der Waals surface area contributed by atoms with Crippen molar-refractivity contribution < 1.29 is 15.0 Å². The summed E-state index contributed by atoms with van der Waals surface area (Å²) < 4.78 is 0. The fourth-order valence-corrected chi connectivity index (χ4v) is 1.95. The Morgan fingerprint density at radius 1 is 0.682 bits per heavy atom. The smallest absolute Gasteiger partial charge is 0.315 e. The number of amides is 2. The number of rotatable bonds is 6. The number of nitrogens with one attached hydrogen (secondary N) is 2. The van der Waals surface area contributed by atoms with Crippen LogP contribution in [0.3, 0.4) is 0 Å². The highest BCUT2D eigenvalue weighted by atomic mass is 16.3. The second-order valence-corrected chi connectivity index (χ2v) is 4.99. The van der Waals surface area contributed by atoms with Crippen molar-refractivity contribution in [2.75, 3.05) is 0 Å². The van der Waals surface area contributed by atoms with Crippen LogP contribution >= 0.6 is 0 Å². The van der Waals surface area contributed by atoms with Crippen LogP contribution in [0.2, 0.25) is 0 Å². The predicted octanol–water partition coefficient (Wildman–Crippen LogP) is 1.67. The zero-order valence-corrected chi connectivity index (χ0v) is 12.2. The molecule has 0 atom stereocenters. The fourth-order valence-electron chi connectivity index (χ4n) is 1.95. The zero-order valence-electron chi connectivity index (χ0n) is 12.2. The van der Waals surface area contributed by atoms with E-state index in [1.807, 2.05) is 48.5 Å². The van der Waals surface area contributed by atoms with Crippen LogP contribution < -0.4 is 10.6 Å². The number of aliphatic hydroxyl groups excluding tert-OH is 2. The minimum Gasteiger partial charge on any atom is -0.392 e. The third kappa shape index (κ3) is 4.87. The average molecular weight is 300 g/mol. The van der Waals surface area contributed by atoms with Gasteiger partial charge in [-0.05, 0) is 22.3 Å². The summed E-state index contributed by atoms with van der Waals surface area (Å²) in [6.45, 7) is 0.897. The van der Waals surface area contributed by atoms with Gasteiger partial charge in [-0.3, -0.25) is 0 Å². The van der Waals surface area contributed by atoms with Crippen LogP contribution in [0.1, 0.15) is 22.3 Å². The molecule has 0 aliphatic heterocycles. The second-order valence-electron chi connectivity index (χ2n) is 4.99. The third-order valence-corrected chi connectivity index (χ3v) is 3.32. The number of aliphatic hydroxyl groups is 2. The van der Waals surface area contributed by atoms with E-state index in [1.165, 1.54) is 0 Å². The van der Waals surface area contributed by atoms with E-state index in [-0.39, 0.29) is 19.2 Å². The van der Waals surface area contributed by atoms with Gasteiger partial charge in [0.15, 0.2) is 0 Å². The summed E-state index contributed by atoms with van der Waals surface area (Å²) in [5.74, 6) is 0. The fraction of sp³-hybridized carbons (Fsp3) is 0.235. The van der Waals surface area contributed by atoms with Crippen LogP contribution in [0.5, 0.6) is 0 Å². The summed E-state index contributed by atoms with van der Waals surface area (Å²) in [5.41, 5.74) is 3.64. The molecule has 0 radical (unpaired) electrons. The van der Waals surface area contributed by atoms with Crippen molar-refractivity contribution in [2.45, 2.75) is 26.3 Å². The molecule has 2 amide bonds. The zero-order chi connectivity index (χ0) is 15.8. The second kappa shape index (κ2) is 8.17. The van der Waals surface area contributed by atoms with Crippen LogP contribution in [0.25, 0.3) is 0 Å². The molecule has 0 saturated carbocycles. The molecule has 0 heterocycles. The summed E-state index contributed by atoms with van der Waals surface area (Å²) in [6, 6.07) is 14.6. The molecule has 0 aliphatic carbocycles. The first kappa shape index (κ1) is 16.0. The first-order valence-corrected chi connectivity index (χ1v) is 7.10. The molecule has 5 heteroatoms. The Morgan fingerprint density at radius 2 is 1.00 bits per heavy atom. The summed E-state index contributed by atoms with van der Waals surface area (Å²) >= 11 is 0. The molecule has 22 heavy (non-hydrogen) atoms. The molecule has 0 fully saturated rings. The van der Waals surface area contributed by atoms with Crippen molar-refractivity contribution in [3.8, 4) is 0 Å². The molecule has 0 bridgehead atoms. The molecule has 0 unspecified atom stereocenters. The first-order chi connectivity index (χ1) is 10.7. The number of carbonyl (C=O) groups excluding carboxylic acids is 1. The molecule has 0 saturated heterocycles. The van der Waals surface area contributed by atoms with Gasteiger partial charge in [-0.1, -0.05) is 48.5 Å². The molecule has 5 nitrogen and oxygen atoms in total. The first-order valence-electron chi connectivity index (χ1n) is 7.10. The van der Waals surface area contributed by atoms with Gasteiger partial charge in [-0.2, -0.15) is 0 Å². The quantitative estimate of drug-likeness (QED) is 0.655. The highest BCUT2D eigenvalue weighted by Crippen LogP contribution is 2.05. The number of hydrogen-bond acceptors (Lipinski definition) is 3. The van der Waals surface area contributed by atoms with E-state index in [1.54, 1.807) is 0 Å². The standard InChI is InChI=1S/C17H20N2O3/c20-11-15-5-1-13(2-6-15)9-18-17(22)19-10-14-3-7-16(12-21)8-4-14/h1-8,20-21H,9-12H2,(H2,18,19,22). The van der Waals surface area contributed by atoms with Gasteiger partial charge in [0.2, 0.25) is 0 Å². The lowest BCUT2D eigenvalue weighted by molar-refractivity contribution is 0.240. The van der Waals surface area contributed by atoms with Crippen molar-refractivity contribution in [3.05, 3.63) is 70.8 Å². The van der Waals surface area contributed by atoms with Gasteiger partial charge < -0.3 is 20.8 Å². The van der Waals surface area contributed by atoms with E-state index in [0.29, 0.717) is 13.1 Å².